The van der Waals surface area contributed by atoms with E-state index in [1.807, 2.05) is 4.90 Å². The number of hydrogen-bond donors (Lipinski definition) is 2. The molecule has 0 unspecified atom stereocenters. The molecule has 3 aromatic rings. The first-order chi connectivity index (χ1) is 16.8. The predicted octanol–water partition coefficient (Wildman–Crippen LogP) is 5.15. The Morgan fingerprint density at radius 1 is 0.857 bits per heavy atom. The van der Waals surface area contributed by atoms with Gasteiger partial charge in [-0.25, -0.2) is 22.9 Å². The summed E-state index contributed by atoms with van der Waals surface area (Å²) in [6, 6.07) is 9.51. The lowest BCUT2D eigenvalue weighted by molar-refractivity contribution is 0.0766. The fourth-order valence-corrected chi connectivity index (χ4v) is 3.90. The maximum absolute atomic E-state index is 13.5. The number of halogens is 4. The van der Waals surface area contributed by atoms with Gasteiger partial charge in [-0.1, -0.05) is 11.6 Å². The average Bonchev–Trinajstić information content (AvgIpc) is 3.07. The summed E-state index contributed by atoms with van der Waals surface area (Å²) < 4.78 is 40.2. The van der Waals surface area contributed by atoms with Gasteiger partial charge in [-0.2, -0.15) is 0 Å². The van der Waals surface area contributed by atoms with Gasteiger partial charge in [0.1, 0.15) is 23.3 Å². The number of nitrogens with zero attached hydrogens (tertiary/aromatic N) is 3. The minimum atomic E-state index is -0.794. The number of benzene rings is 2. The fourth-order valence-electron chi connectivity index (χ4n) is 3.72. The van der Waals surface area contributed by atoms with Crippen LogP contribution in [0, 0.1) is 17.5 Å². The number of amides is 3. The molecule has 182 valence electrons. The first kappa shape index (κ1) is 24.3. The number of nitrogens with one attached hydrogen (secondary N) is 2. The summed E-state index contributed by atoms with van der Waals surface area (Å²) >= 11 is 5.72. The number of urea groups is 1. The Kier molecular flexibility index (Phi) is 7.40. The van der Waals surface area contributed by atoms with E-state index in [1.54, 1.807) is 17.0 Å². The standard InChI is InChI=1S/C24H21ClF3N5O2/c25-20-13-18(2-4-21(20)28)30-24(35)31-19-3-5-22(29-14-19)32-6-1-7-33(9-8-32)23(34)15-10-16(26)12-17(27)11-15/h2-5,10-14H,1,6-9H2,(H2,30,31,35). The monoisotopic (exact) mass is 503 g/mol. The van der Waals surface area contributed by atoms with Gasteiger partial charge in [0.2, 0.25) is 0 Å². The Balaban J connectivity index is 1.34. The second-order valence-corrected chi connectivity index (χ2v) is 8.31. The molecule has 4 rings (SSSR count). The highest BCUT2D eigenvalue weighted by Gasteiger charge is 2.22. The van der Waals surface area contributed by atoms with Crippen LogP contribution in [0.3, 0.4) is 0 Å². The van der Waals surface area contributed by atoms with Gasteiger partial charge in [-0.05, 0) is 48.9 Å². The van der Waals surface area contributed by atoms with Crippen LogP contribution in [0.1, 0.15) is 16.8 Å². The minimum absolute atomic E-state index is 0.0225. The highest BCUT2D eigenvalue weighted by Crippen LogP contribution is 2.21. The number of pyridine rings is 1. The molecule has 1 saturated heterocycles. The van der Waals surface area contributed by atoms with Gasteiger partial charge in [0.25, 0.3) is 5.91 Å². The Morgan fingerprint density at radius 2 is 1.57 bits per heavy atom. The van der Waals surface area contributed by atoms with Crippen LogP contribution >= 0.6 is 11.6 Å². The topological polar surface area (TPSA) is 77.6 Å². The van der Waals surface area contributed by atoms with E-state index in [0.717, 1.165) is 24.3 Å². The SMILES string of the molecule is O=C(Nc1ccc(N2CCCN(C(=O)c3cc(F)cc(F)c3)CC2)nc1)Nc1ccc(F)c(Cl)c1. The molecule has 11 heteroatoms. The molecule has 1 aromatic heterocycles. The second-order valence-electron chi connectivity index (χ2n) is 7.90. The van der Waals surface area contributed by atoms with Gasteiger partial charge in [0.15, 0.2) is 0 Å². The smallest absolute Gasteiger partial charge is 0.323 e. The summed E-state index contributed by atoms with van der Waals surface area (Å²) in [5.74, 6) is -1.93. The molecule has 1 fully saturated rings. The molecule has 2 aromatic carbocycles. The van der Waals surface area contributed by atoms with Gasteiger partial charge in [0, 0.05) is 43.5 Å². The van der Waals surface area contributed by atoms with Crippen molar-refractivity contribution in [3.8, 4) is 0 Å². The van der Waals surface area contributed by atoms with E-state index in [4.69, 9.17) is 11.6 Å². The molecule has 2 heterocycles. The third kappa shape index (κ3) is 6.21. The summed E-state index contributed by atoms with van der Waals surface area (Å²) in [6.45, 7) is 1.92. The van der Waals surface area contributed by atoms with Gasteiger partial charge >= 0.3 is 6.03 Å². The molecule has 0 saturated carbocycles. The van der Waals surface area contributed by atoms with Gasteiger partial charge in [-0.15, -0.1) is 0 Å². The molecule has 2 N–H and O–H groups in total. The first-order valence-corrected chi connectivity index (χ1v) is 11.2. The summed E-state index contributed by atoms with van der Waals surface area (Å²) in [4.78, 5) is 32.8. The van der Waals surface area contributed by atoms with E-state index in [0.29, 0.717) is 49.8 Å². The van der Waals surface area contributed by atoms with Crippen molar-refractivity contribution in [2.45, 2.75) is 6.42 Å². The molecule has 3 amide bonds. The molecule has 0 spiro atoms. The number of rotatable bonds is 4. The molecule has 1 aliphatic rings. The molecule has 0 radical (unpaired) electrons. The van der Waals surface area contributed by atoms with E-state index < -0.39 is 29.4 Å². The zero-order valence-electron chi connectivity index (χ0n) is 18.4. The zero-order valence-corrected chi connectivity index (χ0v) is 19.2. The van der Waals surface area contributed by atoms with Crippen LogP contribution in [0.15, 0.2) is 54.7 Å². The van der Waals surface area contributed by atoms with Gasteiger partial charge in [0.05, 0.1) is 16.9 Å². The predicted molar refractivity (Wildman–Crippen MR) is 127 cm³/mol. The van der Waals surface area contributed by atoms with Gasteiger partial charge < -0.3 is 20.4 Å². The van der Waals surface area contributed by atoms with Crippen LogP contribution in [0.4, 0.5) is 35.2 Å². The molecule has 0 bridgehead atoms. The molecule has 1 aliphatic heterocycles. The highest BCUT2D eigenvalue weighted by atomic mass is 35.5. The summed E-state index contributed by atoms with van der Waals surface area (Å²) in [7, 11) is 0. The lowest BCUT2D eigenvalue weighted by Crippen LogP contribution is -2.35. The number of aromatic nitrogens is 1. The van der Waals surface area contributed by atoms with Crippen LogP contribution < -0.4 is 15.5 Å². The van der Waals surface area contributed by atoms with E-state index >= 15 is 0 Å². The number of carbonyl (C=O) groups is 2. The first-order valence-electron chi connectivity index (χ1n) is 10.8. The molecule has 35 heavy (non-hydrogen) atoms. The highest BCUT2D eigenvalue weighted by molar-refractivity contribution is 6.31. The molecular formula is C24H21ClF3N5O2. The fraction of sp³-hybridized carbons (Fsp3) is 0.208. The normalized spacial score (nSPS) is 13.8. The van der Waals surface area contributed by atoms with Crippen molar-refractivity contribution in [2.75, 3.05) is 41.7 Å². The number of anilines is 3. The third-order valence-electron chi connectivity index (χ3n) is 5.40. The minimum Gasteiger partial charge on any atom is -0.355 e. The zero-order chi connectivity index (χ0) is 24.9. The van der Waals surface area contributed by atoms with Crippen LogP contribution in [0.5, 0.6) is 0 Å². The number of hydrogen-bond acceptors (Lipinski definition) is 4. The van der Waals surface area contributed by atoms with E-state index in [2.05, 4.69) is 15.6 Å². The maximum Gasteiger partial charge on any atom is 0.323 e. The van der Waals surface area contributed by atoms with Gasteiger partial charge in [-0.3, -0.25) is 4.79 Å². The Hall–Kier alpha value is -3.79. The summed E-state index contributed by atoms with van der Waals surface area (Å²) in [5.41, 5.74) is 0.757. The van der Waals surface area contributed by atoms with Crippen LogP contribution in [0.2, 0.25) is 5.02 Å². The largest absolute Gasteiger partial charge is 0.355 e. The quantitative estimate of drug-likeness (QED) is 0.516. The Morgan fingerprint density at radius 3 is 2.26 bits per heavy atom. The van der Waals surface area contributed by atoms with E-state index in [1.165, 1.54) is 18.3 Å². The average molecular weight is 504 g/mol. The lowest BCUT2D eigenvalue weighted by atomic mass is 10.2. The summed E-state index contributed by atoms with van der Waals surface area (Å²) in [6.07, 6.45) is 2.14. The maximum atomic E-state index is 13.5. The van der Waals surface area contributed by atoms with Crippen molar-refractivity contribution < 1.29 is 22.8 Å². The van der Waals surface area contributed by atoms with E-state index in [9.17, 15) is 22.8 Å². The molecule has 7 nitrogen and oxygen atoms in total. The van der Waals surface area contributed by atoms with Crippen LogP contribution in [0.25, 0.3) is 0 Å². The Bertz CT molecular complexity index is 1220. The number of carbonyl (C=O) groups excluding carboxylic acids is 2. The van der Waals surface area contributed by atoms with Crippen molar-refractivity contribution in [1.82, 2.24) is 9.88 Å². The van der Waals surface area contributed by atoms with Crippen LogP contribution in [-0.4, -0.2) is 48.0 Å². The molecule has 0 atom stereocenters. The van der Waals surface area contributed by atoms with E-state index in [-0.39, 0.29) is 10.6 Å². The van der Waals surface area contributed by atoms with Crippen molar-refractivity contribution in [1.29, 1.82) is 0 Å². The molecule has 0 aliphatic carbocycles. The van der Waals surface area contributed by atoms with Crippen molar-refractivity contribution in [3.63, 3.8) is 0 Å². The van der Waals surface area contributed by atoms with Crippen molar-refractivity contribution >= 4 is 40.7 Å². The Labute approximate surface area is 204 Å². The van der Waals surface area contributed by atoms with Crippen molar-refractivity contribution in [2.24, 2.45) is 0 Å². The second kappa shape index (κ2) is 10.6. The summed E-state index contributed by atoms with van der Waals surface area (Å²) in [5, 5.41) is 5.09. The molecular weight excluding hydrogens is 483 g/mol. The van der Waals surface area contributed by atoms with Crippen LogP contribution in [-0.2, 0) is 0 Å². The third-order valence-corrected chi connectivity index (χ3v) is 5.69. The van der Waals surface area contributed by atoms with Crippen molar-refractivity contribution in [3.05, 3.63) is 82.8 Å². The lowest BCUT2D eigenvalue weighted by Gasteiger charge is -2.23.